The fourth-order valence-corrected chi connectivity index (χ4v) is 2.72. The summed E-state index contributed by atoms with van der Waals surface area (Å²) in [6.45, 7) is 3.13. The Balaban J connectivity index is 1.51. The summed E-state index contributed by atoms with van der Waals surface area (Å²) in [5, 5.41) is 9.11. The van der Waals surface area contributed by atoms with Crippen LogP contribution in [0.25, 0.3) is 0 Å². The van der Waals surface area contributed by atoms with Crippen LogP contribution < -0.4 is 4.90 Å². The fourth-order valence-electron chi connectivity index (χ4n) is 2.72. The number of benzene rings is 1. The van der Waals surface area contributed by atoms with Crippen molar-refractivity contribution in [2.24, 2.45) is 5.92 Å². The Kier molecular flexibility index (Phi) is 4.62. The molecule has 0 unspecified atom stereocenters. The SMILES string of the molecule is N#Cc1nccnc1N1CC[C@@H](COCc2ccccc2)C1. The van der Waals surface area contributed by atoms with Crippen LogP contribution in [0.3, 0.4) is 0 Å². The third kappa shape index (κ3) is 3.41. The van der Waals surface area contributed by atoms with Crippen LogP contribution >= 0.6 is 0 Å². The highest BCUT2D eigenvalue weighted by Crippen LogP contribution is 2.24. The Hall–Kier alpha value is -2.45. The van der Waals surface area contributed by atoms with Gasteiger partial charge in [0.25, 0.3) is 0 Å². The van der Waals surface area contributed by atoms with Gasteiger partial charge in [-0.1, -0.05) is 30.3 Å². The zero-order valence-electron chi connectivity index (χ0n) is 12.4. The Morgan fingerprint density at radius 3 is 2.86 bits per heavy atom. The van der Waals surface area contributed by atoms with Gasteiger partial charge >= 0.3 is 0 Å². The number of rotatable bonds is 5. The number of anilines is 1. The third-order valence-electron chi connectivity index (χ3n) is 3.84. The molecule has 0 radical (unpaired) electrons. The predicted octanol–water partition coefficient (Wildman–Crippen LogP) is 2.39. The van der Waals surface area contributed by atoms with Gasteiger partial charge in [0.1, 0.15) is 6.07 Å². The first kappa shape index (κ1) is 14.5. The van der Waals surface area contributed by atoms with Crippen molar-refractivity contribution in [3.05, 3.63) is 54.0 Å². The highest BCUT2D eigenvalue weighted by atomic mass is 16.5. The average Bonchev–Trinajstić information content (AvgIpc) is 3.04. The van der Waals surface area contributed by atoms with Crippen LogP contribution in [0.2, 0.25) is 0 Å². The molecular weight excluding hydrogens is 276 g/mol. The maximum atomic E-state index is 9.11. The van der Waals surface area contributed by atoms with Crippen molar-refractivity contribution in [2.75, 3.05) is 24.6 Å². The summed E-state index contributed by atoms with van der Waals surface area (Å²) in [5.74, 6) is 1.16. The maximum Gasteiger partial charge on any atom is 0.183 e. The van der Waals surface area contributed by atoms with Crippen molar-refractivity contribution in [1.29, 1.82) is 5.26 Å². The molecule has 1 fully saturated rings. The van der Waals surface area contributed by atoms with Crippen molar-refractivity contribution in [3.8, 4) is 6.07 Å². The first-order chi connectivity index (χ1) is 10.9. The molecule has 2 heterocycles. The molecule has 112 valence electrons. The van der Waals surface area contributed by atoms with E-state index in [0.29, 0.717) is 24.0 Å². The molecule has 2 aromatic rings. The molecule has 0 aliphatic carbocycles. The summed E-state index contributed by atoms with van der Waals surface area (Å²) in [7, 11) is 0. The van der Waals surface area contributed by atoms with Crippen LogP contribution in [0.1, 0.15) is 17.7 Å². The lowest BCUT2D eigenvalue weighted by atomic mass is 10.1. The van der Waals surface area contributed by atoms with Crippen LogP contribution in [-0.4, -0.2) is 29.7 Å². The highest BCUT2D eigenvalue weighted by Gasteiger charge is 2.25. The zero-order valence-corrected chi connectivity index (χ0v) is 12.4. The minimum absolute atomic E-state index is 0.397. The van der Waals surface area contributed by atoms with E-state index in [4.69, 9.17) is 10.00 Å². The number of nitrogens with zero attached hydrogens (tertiary/aromatic N) is 4. The summed E-state index contributed by atoms with van der Waals surface area (Å²) in [4.78, 5) is 10.5. The van der Waals surface area contributed by atoms with Gasteiger partial charge in [0.15, 0.2) is 11.5 Å². The molecule has 1 aliphatic heterocycles. The summed E-state index contributed by atoms with van der Waals surface area (Å²) in [6, 6.07) is 12.3. The number of hydrogen-bond acceptors (Lipinski definition) is 5. The van der Waals surface area contributed by atoms with Crippen molar-refractivity contribution in [3.63, 3.8) is 0 Å². The third-order valence-corrected chi connectivity index (χ3v) is 3.84. The molecule has 0 bridgehead atoms. The molecular formula is C17H18N4O. The van der Waals surface area contributed by atoms with E-state index in [9.17, 15) is 0 Å². The van der Waals surface area contributed by atoms with Crippen LogP contribution in [0.5, 0.6) is 0 Å². The van der Waals surface area contributed by atoms with Gasteiger partial charge in [-0.25, -0.2) is 9.97 Å². The van der Waals surface area contributed by atoms with E-state index in [1.54, 1.807) is 12.4 Å². The summed E-state index contributed by atoms with van der Waals surface area (Å²) >= 11 is 0. The molecule has 0 saturated carbocycles. The minimum atomic E-state index is 0.397. The predicted molar refractivity (Wildman–Crippen MR) is 83.2 cm³/mol. The normalized spacial score (nSPS) is 17.4. The van der Waals surface area contributed by atoms with Crippen molar-refractivity contribution < 1.29 is 4.74 Å². The molecule has 5 nitrogen and oxygen atoms in total. The Labute approximate surface area is 130 Å². The lowest BCUT2D eigenvalue weighted by molar-refractivity contribution is 0.0929. The fraction of sp³-hybridized carbons (Fsp3) is 0.353. The molecule has 1 aromatic carbocycles. The Morgan fingerprint density at radius 1 is 1.23 bits per heavy atom. The lowest BCUT2D eigenvalue weighted by Crippen LogP contribution is -2.23. The molecule has 22 heavy (non-hydrogen) atoms. The first-order valence-electron chi connectivity index (χ1n) is 7.44. The van der Waals surface area contributed by atoms with E-state index in [1.165, 1.54) is 5.56 Å². The number of ether oxygens (including phenoxy) is 1. The minimum Gasteiger partial charge on any atom is -0.376 e. The van der Waals surface area contributed by atoms with Crippen LogP contribution in [0.4, 0.5) is 5.82 Å². The van der Waals surface area contributed by atoms with E-state index in [0.717, 1.165) is 26.1 Å². The second-order valence-corrected chi connectivity index (χ2v) is 5.44. The summed E-state index contributed by atoms with van der Waals surface area (Å²) < 4.78 is 5.82. The van der Waals surface area contributed by atoms with E-state index in [-0.39, 0.29) is 0 Å². The van der Waals surface area contributed by atoms with E-state index in [1.807, 2.05) is 18.2 Å². The van der Waals surface area contributed by atoms with Crippen molar-refractivity contribution >= 4 is 5.82 Å². The van der Waals surface area contributed by atoms with Crippen LogP contribution in [0, 0.1) is 17.2 Å². The molecule has 1 aromatic heterocycles. The van der Waals surface area contributed by atoms with E-state index in [2.05, 4.69) is 33.1 Å². The van der Waals surface area contributed by atoms with Gasteiger partial charge in [-0.3, -0.25) is 0 Å². The molecule has 5 heteroatoms. The second kappa shape index (κ2) is 7.01. The standard InChI is InChI=1S/C17H18N4O/c18-10-16-17(20-8-7-19-16)21-9-6-15(11-21)13-22-12-14-4-2-1-3-5-14/h1-5,7-8,15H,6,9,11-13H2/t15-/m1/s1. The Morgan fingerprint density at radius 2 is 2.05 bits per heavy atom. The highest BCUT2D eigenvalue weighted by molar-refractivity contribution is 5.50. The average molecular weight is 294 g/mol. The molecule has 3 rings (SSSR count). The van der Waals surface area contributed by atoms with Crippen LogP contribution in [-0.2, 0) is 11.3 Å². The number of hydrogen-bond donors (Lipinski definition) is 0. The molecule has 1 atom stereocenters. The summed E-state index contributed by atoms with van der Waals surface area (Å²) in [5.41, 5.74) is 1.59. The van der Waals surface area contributed by atoms with Crippen LogP contribution in [0.15, 0.2) is 42.7 Å². The van der Waals surface area contributed by atoms with Crippen molar-refractivity contribution in [2.45, 2.75) is 13.0 Å². The monoisotopic (exact) mass is 294 g/mol. The maximum absolute atomic E-state index is 9.11. The second-order valence-electron chi connectivity index (χ2n) is 5.44. The lowest BCUT2D eigenvalue weighted by Gasteiger charge is -2.17. The molecule has 0 spiro atoms. The molecule has 0 N–H and O–H groups in total. The summed E-state index contributed by atoms with van der Waals surface area (Å²) in [6.07, 6.45) is 4.24. The van der Waals surface area contributed by atoms with E-state index >= 15 is 0 Å². The first-order valence-corrected chi connectivity index (χ1v) is 7.44. The largest absolute Gasteiger partial charge is 0.376 e. The molecule has 0 amide bonds. The van der Waals surface area contributed by atoms with Gasteiger partial charge < -0.3 is 9.64 Å². The number of nitriles is 1. The Bertz CT molecular complexity index is 653. The van der Waals surface area contributed by atoms with E-state index < -0.39 is 0 Å². The smallest absolute Gasteiger partial charge is 0.183 e. The topological polar surface area (TPSA) is 62.0 Å². The molecule has 1 aliphatic rings. The van der Waals surface area contributed by atoms with Gasteiger partial charge in [0, 0.05) is 31.4 Å². The van der Waals surface area contributed by atoms with Gasteiger partial charge in [-0.2, -0.15) is 5.26 Å². The quantitative estimate of drug-likeness (QED) is 0.847. The molecule has 1 saturated heterocycles. The van der Waals surface area contributed by atoms with Gasteiger partial charge in [-0.05, 0) is 12.0 Å². The van der Waals surface area contributed by atoms with Gasteiger partial charge in [0.05, 0.1) is 13.2 Å². The number of aromatic nitrogens is 2. The van der Waals surface area contributed by atoms with Gasteiger partial charge in [0.2, 0.25) is 0 Å². The zero-order chi connectivity index (χ0) is 15.2. The van der Waals surface area contributed by atoms with Crippen molar-refractivity contribution in [1.82, 2.24) is 9.97 Å². The van der Waals surface area contributed by atoms with Gasteiger partial charge in [-0.15, -0.1) is 0 Å².